The van der Waals surface area contributed by atoms with E-state index in [0.29, 0.717) is 0 Å². The molecular weight excluding hydrogens is 378 g/mol. The lowest BCUT2D eigenvalue weighted by atomic mass is 10.1. The largest absolute Gasteiger partial charge is 0.496 e. The van der Waals surface area contributed by atoms with E-state index in [-0.39, 0.29) is 0 Å². The smallest absolute Gasteiger partial charge is 0.196 e. The monoisotopic (exact) mass is 401 g/mol. The lowest BCUT2D eigenvalue weighted by molar-refractivity contribution is 0.416. The number of thioether (sulfide) groups is 1. The number of hydrogen-bond acceptors (Lipinski definition) is 4. The Hall–Kier alpha value is -3.05. The molecule has 0 bridgehead atoms. The molecule has 0 atom stereocenters. The number of rotatable bonds is 6. The molecule has 0 saturated carbocycles. The van der Waals surface area contributed by atoms with E-state index in [4.69, 9.17) is 4.74 Å². The summed E-state index contributed by atoms with van der Waals surface area (Å²) in [4.78, 5) is 0. The van der Waals surface area contributed by atoms with Gasteiger partial charge in [-0.05, 0) is 49.2 Å². The third-order valence-electron chi connectivity index (χ3n) is 4.69. The zero-order chi connectivity index (χ0) is 20.2. The first kappa shape index (κ1) is 19.3. The molecule has 0 fully saturated rings. The summed E-state index contributed by atoms with van der Waals surface area (Å²) in [6.07, 6.45) is 0. The minimum Gasteiger partial charge on any atom is -0.496 e. The quantitative estimate of drug-likeness (QED) is 0.380. The fourth-order valence-corrected chi connectivity index (χ4v) is 4.21. The Morgan fingerprint density at radius 1 is 0.862 bits per heavy atom. The second-order valence-corrected chi connectivity index (χ2v) is 7.90. The Morgan fingerprint density at radius 3 is 2.38 bits per heavy atom. The highest BCUT2D eigenvalue weighted by Crippen LogP contribution is 2.34. The predicted molar refractivity (Wildman–Crippen MR) is 119 cm³/mol. The predicted octanol–water partition coefficient (Wildman–Crippen LogP) is 5.85. The lowest BCUT2D eigenvalue weighted by Gasteiger charge is -2.13. The number of methoxy groups -OCH3 is 1. The zero-order valence-electron chi connectivity index (χ0n) is 16.8. The summed E-state index contributed by atoms with van der Waals surface area (Å²) >= 11 is 1.69. The SMILES string of the molecule is COc1ccccc1-c1nnc(SCc2cccc(C)c2)n1-c1cccc(C)c1. The van der Waals surface area contributed by atoms with Crippen molar-refractivity contribution in [1.82, 2.24) is 14.8 Å². The summed E-state index contributed by atoms with van der Waals surface area (Å²) in [5.74, 6) is 2.39. The fourth-order valence-electron chi connectivity index (χ4n) is 3.32. The van der Waals surface area contributed by atoms with Crippen LogP contribution in [0.4, 0.5) is 0 Å². The van der Waals surface area contributed by atoms with E-state index in [1.807, 2.05) is 24.3 Å². The minimum absolute atomic E-state index is 0.778. The van der Waals surface area contributed by atoms with Crippen LogP contribution in [0.25, 0.3) is 17.1 Å². The molecule has 0 aliphatic rings. The van der Waals surface area contributed by atoms with Crippen LogP contribution in [0.15, 0.2) is 78.0 Å². The summed E-state index contributed by atoms with van der Waals surface area (Å²) in [6.45, 7) is 4.21. The molecule has 4 nitrogen and oxygen atoms in total. The molecule has 4 rings (SSSR count). The minimum atomic E-state index is 0.778. The third-order valence-corrected chi connectivity index (χ3v) is 5.69. The fraction of sp³-hybridized carbons (Fsp3) is 0.167. The standard InChI is InChI=1S/C24H23N3OS/c1-17-8-6-10-19(14-17)16-29-24-26-25-23(21-12-4-5-13-22(21)28-3)27(24)20-11-7-9-18(2)15-20/h4-15H,16H2,1-3H3. The van der Waals surface area contributed by atoms with E-state index in [1.165, 1.54) is 16.7 Å². The normalized spacial score (nSPS) is 10.9. The number of ether oxygens (including phenoxy) is 1. The molecule has 0 saturated heterocycles. The van der Waals surface area contributed by atoms with E-state index in [0.717, 1.165) is 33.7 Å². The summed E-state index contributed by atoms with van der Waals surface area (Å²) in [7, 11) is 1.68. The molecule has 0 aliphatic carbocycles. The molecule has 0 unspecified atom stereocenters. The number of benzene rings is 3. The van der Waals surface area contributed by atoms with Crippen LogP contribution >= 0.6 is 11.8 Å². The van der Waals surface area contributed by atoms with E-state index >= 15 is 0 Å². The van der Waals surface area contributed by atoms with Gasteiger partial charge in [-0.15, -0.1) is 10.2 Å². The number of aromatic nitrogens is 3. The van der Waals surface area contributed by atoms with Crippen LogP contribution in [0.2, 0.25) is 0 Å². The van der Waals surface area contributed by atoms with Crippen molar-refractivity contribution in [2.75, 3.05) is 7.11 Å². The van der Waals surface area contributed by atoms with Crippen LogP contribution < -0.4 is 4.74 Å². The first-order valence-electron chi connectivity index (χ1n) is 9.50. The first-order valence-corrected chi connectivity index (χ1v) is 10.5. The summed E-state index contributed by atoms with van der Waals surface area (Å²) in [5, 5.41) is 9.93. The number of aryl methyl sites for hydroxylation is 2. The van der Waals surface area contributed by atoms with E-state index in [2.05, 4.69) is 77.1 Å². The highest BCUT2D eigenvalue weighted by atomic mass is 32.2. The molecule has 0 spiro atoms. The molecule has 1 heterocycles. The van der Waals surface area contributed by atoms with Gasteiger partial charge in [0, 0.05) is 11.4 Å². The van der Waals surface area contributed by atoms with Gasteiger partial charge >= 0.3 is 0 Å². The Labute approximate surface area is 175 Å². The molecule has 0 amide bonds. The second-order valence-electron chi connectivity index (χ2n) is 6.96. The maximum absolute atomic E-state index is 5.58. The average molecular weight is 402 g/mol. The van der Waals surface area contributed by atoms with Gasteiger partial charge in [-0.2, -0.15) is 0 Å². The number of hydrogen-bond donors (Lipinski definition) is 0. The van der Waals surface area contributed by atoms with Gasteiger partial charge in [-0.1, -0.05) is 65.9 Å². The van der Waals surface area contributed by atoms with Crippen LogP contribution in [-0.4, -0.2) is 21.9 Å². The number of nitrogens with zero attached hydrogens (tertiary/aromatic N) is 3. The lowest BCUT2D eigenvalue weighted by Crippen LogP contribution is -2.01. The molecule has 0 radical (unpaired) electrons. The maximum atomic E-state index is 5.58. The van der Waals surface area contributed by atoms with Crippen molar-refractivity contribution in [2.45, 2.75) is 24.8 Å². The van der Waals surface area contributed by atoms with Gasteiger partial charge < -0.3 is 4.74 Å². The molecular formula is C24H23N3OS. The molecule has 4 aromatic rings. The van der Waals surface area contributed by atoms with Crippen molar-refractivity contribution < 1.29 is 4.74 Å². The number of para-hydroxylation sites is 1. The third kappa shape index (κ3) is 4.20. The topological polar surface area (TPSA) is 39.9 Å². The molecule has 0 aliphatic heterocycles. The molecule has 29 heavy (non-hydrogen) atoms. The molecule has 1 aromatic heterocycles. The van der Waals surface area contributed by atoms with Crippen LogP contribution in [0.1, 0.15) is 16.7 Å². The van der Waals surface area contributed by atoms with Gasteiger partial charge in [0.25, 0.3) is 0 Å². The van der Waals surface area contributed by atoms with Crippen LogP contribution in [0, 0.1) is 13.8 Å². The average Bonchev–Trinajstić information content (AvgIpc) is 3.16. The van der Waals surface area contributed by atoms with Gasteiger partial charge in [0.2, 0.25) is 0 Å². The second kappa shape index (κ2) is 8.53. The molecule has 146 valence electrons. The van der Waals surface area contributed by atoms with Gasteiger partial charge in [0.15, 0.2) is 11.0 Å². The Bertz CT molecular complexity index is 1140. The van der Waals surface area contributed by atoms with Crippen molar-refractivity contribution in [3.05, 3.63) is 89.5 Å². The van der Waals surface area contributed by atoms with Gasteiger partial charge in [0.1, 0.15) is 5.75 Å². The van der Waals surface area contributed by atoms with Crippen LogP contribution in [0.3, 0.4) is 0 Å². The first-order chi connectivity index (χ1) is 14.2. The van der Waals surface area contributed by atoms with Gasteiger partial charge in [-0.25, -0.2) is 0 Å². The van der Waals surface area contributed by atoms with Crippen molar-refractivity contribution >= 4 is 11.8 Å². The molecule has 0 N–H and O–H groups in total. The summed E-state index contributed by atoms with van der Waals surface area (Å²) in [5.41, 5.74) is 5.69. The van der Waals surface area contributed by atoms with E-state index < -0.39 is 0 Å². The van der Waals surface area contributed by atoms with Crippen molar-refractivity contribution in [2.24, 2.45) is 0 Å². The highest BCUT2D eigenvalue weighted by molar-refractivity contribution is 7.98. The Balaban J connectivity index is 1.78. The van der Waals surface area contributed by atoms with Crippen molar-refractivity contribution in [3.8, 4) is 22.8 Å². The van der Waals surface area contributed by atoms with E-state index in [9.17, 15) is 0 Å². The Kier molecular flexibility index (Phi) is 5.67. The molecule has 5 heteroatoms. The zero-order valence-corrected chi connectivity index (χ0v) is 17.6. The van der Waals surface area contributed by atoms with Crippen molar-refractivity contribution in [3.63, 3.8) is 0 Å². The maximum Gasteiger partial charge on any atom is 0.196 e. The van der Waals surface area contributed by atoms with Crippen LogP contribution in [0.5, 0.6) is 5.75 Å². The Morgan fingerprint density at radius 2 is 1.62 bits per heavy atom. The van der Waals surface area contributed by atoms with Crippen molar-refractivity contribution in [1.29, 1.82) is 0 Å². The summed E-state index contributed by atoms with van der Waals surface area (Å²) < 4.78 is 7.69. The van der Waals surface area contributed by atoms with E-state index in [1.54, 1.807) is 18.9 Å². The summed E-state index contributed by atoms with van der Waals surface area (Å²) in [6, 6.07) is 24.9. The molecule has 3 aromatic carbocycles. The highest BCUT2D eigenvalue weighted by Gasteiger charge is 2.19. The van der Waals surface area contributed by atoms with Gasteiger partial charge in [0.05, 0.1) is 12.7 Å². The van der Waals surface area contributed by atoms with Gasteiger partial charge in [-0.3, -0.25) is 4.57 Å². The van der Waals surface area contributed by atoms with Crippen LogP contribution in [-0.2, 0) is 5.75 Å².